The summed E-state index contributed by atoms with van der Waals surface area (Å²) >= 11 is 0. The van der Waals surface area contributed by atoms with Crippen LogP contribution in [0.1, 0.15) is 23.6 Å². The summed E-state index contributed by atoms with van der Waals surface area (Å²) in [6.07, 6.45) is 0. The van der Waals surface area contributed by atoms with E-state index in [0.29, 0.717) is 13.1 Å². The predicted molar refractivity (Wildman–Crippen MR) is 113 cm³/mol. The highest BCUT2D eigenvalue weighted by Gasteiger charge is 2.06. The van der Waals surface area contributed by atoms with Gasteiger partial charge in [0.2, 0.25) is 0 Å². The number of hydrogen-bond acceptors (Lipinski definition) is 3. The lowest BCUT2D eigenvalue weighted by Crippen LogP contribution is -2.40. The first-order valence-electron chi connectivity index (χ1n) is 9.53. The maximum absolute atomic E-state index is 12.0. The van der Waals surface area contributed by atoms with Crippen molar-refractivity contribution < 1.29 is 4.79 Å². The standard InChI is InChI=1S/C22H32N4O/c1-5-26(21-8-6-7-18(2)15-21)14-13-23-22(27)24-16-19-9-11-20(12-10-19)17-25(3)4/h6-12,15H,5,13-14,16-17H2,1-4H3,(H2,23,24,27). The molecule has 0 heterocycles. The molecule has 146 valence electrons. The summed E-state index contributed by atoms with van der Waals surface area (Å²) in [7, 11) is 4.11. The van der Waals surface area contributed by atoms with Crippen LogP contribution in [0.2, 0.25) is 0 Å². The van der Waals surface area contributed by atoms with E-state index < -0.39 is 0 Å². The Hall–Kier alpha value is -2.53. The Bertz CT molecular complexity index is 713. The topological polar surface area (TPSA) is 47.6 Å². The van der Waals surface area contributed by atoms with Gasteiger partial charge in [0.05, 0.1) is 0 Å². The average Bonchev–Trinajstić information content (AvgIpc) is 2.64. The number of rotatable bonds is 9. The van der Waals surface area contributed by atoms with Crippen molar-refractivity contribution in [3.63, 3.8) is 0 Å². The van der Waals surface area contributed by atoms with Crippen LogP contribution in [0.4, 0.5) is 10.5 Å². The van der Waals surface area contributed by atoms with Gasteiger partial charge in [-0.1, -0.05) is 36.4 Å². The lowest BCUT2D eigenvalue weighted by Gasteiger charge is -2.23. The molecule has 0 atom stereocenters. The van der Waals surface area contributed by atoms with Gasteiger partial charge in [0.15, 0.2) is 0 Å². The molecule has 5 nitrogen and oxygen atoms in total. The third-order valence-electron chi connectivity index (χ3n) is 4.39. The normalized spacial score (nSPS) is 10.7. The maximum Gasteiger partial charge on any atom is 0.315 e. The fraction of sp³-hybridized carbons (Fsp3) is 0.409. The minimum atomic E-state index is -0.132. The van der Waals surface area contributed by atoms with Crippen LogP contribution in [0.25, 0.3) is 0 Å². The molecule has 0 aliphatic rings. The first-order valence-corrected chi connectivity index (χ1v) is 9.53. The van der Waals surface area contributed by atoms with E-state index in [1.807, 2.05) is 0 Å². The summed E-state index contributed by atoms with van der Waals surface area (Å²) in [6.45, 7) is 7.97. The lowest BCUT2D eigenvalue weighted by molar-refractivity contribution is 0.240. The summed E-state index contributed by atoms with van der Waals surface area (Å²) in [4.78, 5) is 16.4. The zero-order chi connectivity index (χ0) is 19.6. The summed E-state index contributed by atoms with van der Waals surface area (Å²) in [5.74, 6) is 0. The number of urea groups is 1. The SMILES string of the molecule is CCN(CCNC(=O)NCc1ccc(CN(C)C)cc1)c1cccc(C)c1. The number of nitrogens with zero attached hydrogens (tertiary/aromatic N) is 2. The largest absolute Gasteiger partial charge is 0.370 e. The fourth-order valence-electron chi connectivity index (χ4n) is 2.97. The van der Waals surface area contributed by atoms with Gasteiger partial charge in [0.25, 0.3) is 0 Å². The van der Waals surface area contributed by atoms with Crippen LogP contribution in [-0.2, 0) is 13.1 Å². The van der Waals surface area contributed by atoms with Gasteiger partial charge in [0.1, 0.15) is 0 Å². The first kappa shape index (κ1) is 20.8. The number of nitrogens with one attached hydrogen (secondary N) is 2. The lowest BCUT2D eigenvalue weighted by atomic mass is 10.1. The molecule has 0 spiro atoms. The molecular formula is C22H32N4O. The molecule has 5 heteroatoms. The first-order chi connectivity index (χ1) is 13.0. The van der Waals surface area contributed by atoms with Crippen LogP contribution in [0.3, 0.4) is 0 Å². The Kier molecular flexibility index (Phi) is 8.14. The van der Waals surface area contributed by atoms with Crippen LogP contribution < -0.4 is 15.5 Å². The molecule has 2 amide bonds. The number of carbonyl (C=O) groups is 1. The Labute approximate surface area is 163 Å². The Morgan fingerprint density at radius 2 is 1.70 bits per heavy atom. The third kappa shape index (κ3) is 7.31. The van der Waals surface area contributed by atoms with Gasteiger partial charge >= 0.3 is 6.03 Å². The van der Waals surface area contributed by atoms with Gasteiger partial charge in [-0.05, 0) is 56.8 Å². The van der Waals surface area contributed by atoms with Gasteiger partial charge < -0.3 is 20.4 Å². The van der Waals surface area contributed by atoms with E-state index in [1.165, 1.54) is 16.8 Å². The van der Waals surface area contributed by atoms with Crippen molar-refractivity contribution in [2.45, 2.75) is 26.9 Å². The summed E-state index contributed by atoms with van der Waals surface area (Å²) < 4.78 is 0. The smallest absolute Gasteiger partial charge is 0.315 e. The molecule has 0 saturated heterocycles. The van der Waals surface area contributed by atoms with Gasteiger partial charge in [-0.15, -0.1) is 0 Å². The van der Waals surface area contributed by atoms with Crippen LogP contribution in [0, 0.1) is 6.92 Å². The zero-order valence-electron chi connectivity index (χ0n) is 17.0. The van der Waals surface area contributed by atoms with E-state index in [1.54, 1.807) is 0 Å². The number of likely N-dealkylation sites (N-methyl/N-ethyl adjacent to an activating group) is 1. The van der Waals surface area contributed by atoms with E-state index >= 15 is 0 Å². The van der Waals surface area contributed by atoms with Crippen LogP contribution in [-0.4, -0.2) is 44.7 Å². The highest BCUT2D eigenvalue weighted by atomic mass is 16.2. The minimum Gasteiger partial charge on any atom is -0.370 e. The highest BCUT2D eigenvalue weighted by Crippen LogP contribution is 2.15. The number of amides is 2. The number of aryl methyl sites for hydroxylation is 1. The second-order valence-corrected chi connectivity index (χ2v) is 7.08. The molecule has 0 aliphatic heterocycles. The van der Waals surface area contributed by atoms with E-state index in [4.69, 9.17) is 0 Å². The quantitative estimate of drug-likeness (QED) is 0.713. The highest BCUT2D eigenvalue weighted by molar-refractivity contribution is 5.73. The molecule has 27 heavy (non-hydrogen) atoms. The van der Waals surface area contributed by atoms with Crippen molar-refractivity contribution in [2.24, 2.45) is 0 Å². The molecular weight excluding hydrogens is 336 g/mol. The maximum atomic E-state index is 12.0. The number of hydrogen-bond donors (Lipinski definition) is 2. The monoisotopic (exact) mass is 368 g/mol. The molecule has 2 rings (SSSR count). The molecule has 0 radical (unpaired) electrons. The number of benzene rings is 2. The van der Waals surface area contributed by atoms with E-state index in [9.17, 15) is 4.79 Å². The second-order valence-electron chi connectivity index (χ2n) is 7.08. The van der Waals surface area contributed by atoms with Crippen molar-refractivity contribution in [1.29, 1.82) is 0 Å². The van der Waals surface area contributed by atoms with E-state index in [-0.39, 0.29) is 6.03 Å². The number of anilines is 1. The molecule has 0 fully saturated rings. The van der Waals surface area contributed by atoms with Gasteiger partial charge in [-0.25, -0.2) is 4.79 Å². The predicted octanol–water partition coefficient (Wildman–Crippen LogP) is 3.38. The van der Waals surface area contributed by atoms with Crippen LogP contribution >= 0.6 is 0 Å². The molecule has 2 aromatic rings. The molecule has 0 saturated carbocycles. The van der Waals surface area contributed by atoms with Gasteiger partial charge in [-0.3, -0.25) is 0 Å². The fourth-order valence-corrected chi connectivity index (χ4v) is 2.97. The van der Waals surface area contributed by atoms with Crippen LogP contribution in [0.15, 0.2) is 48.5 Å². The molecule has 0 bridgehead atoms. The van der Waals surface area contributed by atoms with Crippen LogP contribution in [0.5, 0.6) is 0 Å². The van der Waals surface area contributed by atoms with Crippen molar-refractivity contribution in [3.05, 3.63) is 65.2 Å². The van der Waals surface area contributed by atoms with E-state index in [0.717, 1.165) is 25.2 Å². The molecule has 0 aromatic heterocycles. The Morgan fingerprint density at radius 3 is 2.33 bits per heavy atom. The third-order valence-corrected chi connectivity index (χ3v) is 4.39. The minimum absolute atomic E-state index is 0.132. The van der Waals surface area contributed by atoms with E-state index in [2.05, 4.69) is 96.9 Å². The molecule has 0 unspecified atom stereocenters. The molecule has 2 aromatic carbocycles. The average molecular weight is 369 g/mol. The zero-order valence-corrected chi connectivity index (χ0v) is 17.0. The Morgan fingerprint density at radius 1 is 1.00 bits per heavy atom. The Balaban J connectivity index is 1.72. The summed E-state index contributed by atoms with van der Waals surface area (Å²) in [6, 6.07) is 16.7. The van der Waals surface area contributed by atoms with Crippen molar-refractivity contribution in [1.82, 2.24) is 15.5 Å². The number of carbonyl (C=O) groups excluding carboxylic acids is 1. The van der Waals surface area contributed by atoms with Crippen molar-refractivity contribution in [3.8, 4) is 0 Å². The summed E-state index contributed by atoms with van der Waals surface area (Å²) in [5, 5.41) is 5.86. The summed E-state index contributed by atoms with van der Waals surface area (Å²) in [5.41, 5.74) is 4.80. The van der Waals surface area contributed by atoms with Gasteiger partial charge in [0, 0.05) is 38.4 Å². The second kappa shape index (κ2) is 10.6. The molecule has 0 aliphatic carbocycles. The van der Waals surface area contributed by atoms with Crippen molar-refractivity contribution in [2.75, 3.05) is 38.6 Å². The molecule has 2 N–H and O–H groups in total. The van der Waals surface area contributed by atoms with Gasteiger partial charge in [-0.2, -0.15) is 0 Å². The van der Waals surface area contributed by atoms with Crippen molar-refractivity contribution >= 4 is 11.7 Å².